The standard InChI is InChI=1S/C20H35N3O.3ClH/c21-12-9-14-23-17-15-22(16-18-23)13-7-2-1-3-8-19-24-20-10-5-4-6-11-20;;;/h4-6,10-11H,1-3,7-9,12-19,21H2;3*1H. The van der Waals surface area contributed by atoms with E-state index in [-0.39, 0.29) is 37.2 Å². The minimum atomic E-state index is 0. The Morgan fingerprint density at radius 2 is 1.22 bits per heavy atom. The van der Waals surface area contributed by atoms with Crippen LogP contribution in [0.5, 0.6) is 5.75 Å². The van der Waals surface area contributed by atoms with Crippen molar-refractivity contribution in [1.29, 1.82) is 0 Å². The lowest BCUT2D eigenvalue weighted by atomic mass is 10.1. The Bertz CT molecular complexity index is 418. The number of hydrogen-bond donors (Lipinski definition) is 1. The van der Waals surface area contributed by atoms with E-state index in [2.05, 4.69) is 9.80 Å². The fourth-order valence-electron chi connectivity index (χ4n) is 3.23. The van der Waals surface area contributed by atoms with Crippen LogP contribution in [-0.2, 0) is 0 Å². The van der Waals surface area contributed by atoms with Crippen LogP contribution in [0.4, 0.5) is 0 Å². The fourth-order valence-corrected chi connectivity index (χ4v) is 3.23. The molecule has 0 unspecified atom stereocenters. The summed E-state index contributed by atoms with van der Waals surface area (Å²) >= 11 is 0. The first-order chi connectivity index (χ1) is 11.9. The number of para-hydroxylation sites is 1. The van der Waals surface area contributed by atoms with Crippen molar-refractivity contribution in [3.63, 3.8) is 0 Å². The van der Waals surface area contributed by atoms with Gasteiger partial charge < -0.3 is 20.3 Å². The largest absolute Gasteiger partial charge is 0.494 e. The van der Waals surface area contributed by atoms with Crippen molar-refractivity contribution >= 4 is 37.2 Å². The van der Waals surface area contributed by atoms with Gasteiger partial charge in [0.25, 0.3) is 0 Å². The monoisotopic (exact) mass is 441 g/mol. The molecule has 1 saturated heterocycles. The van der Waals surface area contributed by atoms with Gasteiger partial charge in [-0.25, -0.2) is 0 Å². The zero-order chi connectivity index (χ0) is 16.9. The number of unbranched alkanes of at least 4 members (excludes halogenated alkanes) is 4. The van der Waals surface area contributed by atoms with E-state index in [9.17, 15) is 0 Å². The van der Waals surface area contributed by atoms with Gasteiger partial charge >= 0.3 is 0 Å². The molecule has 0 bridgehead atoms. The fraction of sp³-hybridized carbons (Fsp3) is 0.700. The summed E-state index contributed by atoms with van der Waals surface area (Å²) in [6.45, 7) is 9.00. The summed E-state index contributed by atoms with van der Waals surface area (Å²) in [5.74, 6) is 0.989. The van der Waals surface area contributed by atoms with E-state index in [1.165, 1.54) is 65.0 Å². The Kier molecular flexibility index (Phi) is 20.5. The molecule has 0 aromatic heterocycles. The summed E-state index contributed by atoms with van der Waals surface area (Å²) < 4.78 is 5.72. The third-order valence-corrected chi connectivity index (χ3v) is 4.77. The van der Waals surface area contributed by atoms with Gasteiger partial charge in [-0.3, -0.25) is 0 Å². The SMILES string of the molecule is Cl.Cl.Cl.NCCCN1CCN(CCCCCCCOc2ccccc2)CC1. The maximum absolute atomic E-state index is 5.72. The summed E-state index contributed by atoms with van der Waals surface area (Å²) in [6.07, 6.45) is 7.58. The van der Waals surface area contributed by atoms with Crippen molar-refractivity contribution in [2.75, 3.05) is 52.4 Å². The van der Waals surface area contributed by atoms with Crippen molar-refractivity contribution in [3.8, 4) is 5.75 Å². The van der Waals surface area contributed by atoms with Crippen molar-refractivity contribution in [1.82, 2.24) is 9.80 Å². The van der Waals surface area contributed by atoms with Gasteiger partial charge in [-0.05, 0) is 51.0 Å². The van der Waals surface area contributed by atoms with E-state index in [0.29, 0.717) is 0 Å². The quantitative estimate of drug-likeness (QED) is 0.491. The summed E-state index contributed by atoms with van der Waals surface area (Å²) in [5.41, 5.74) is 5.58. The van der Waals surface area contributed by atoms with Crippen LogP contribution < -0.4 is 10.5 Å². The van der Waals surface area contributed by atoms with E-state index in [1.807, 2.05) is 30.3 Å². The zero-order valence-corrected chi connectivity index (χ0v) is 18.8. The molecule has 2 rings (SSSR count). The van der Waals surface area contributed by atoms with Gasteiger partial charge in [0.2, 0.25) is 0 Å². The Hall–Kier alpha value is -0.230. The Morgan fingerprint density at radius 3 is 1.81 bits per heavy atom. The normalized spacial score (nSPS) is 14.6. The van der Waals surface area contributed by atoms with E-state index in [4.69, 9.17) is 10.5 Å². The lowest BCUT2D eigenvalue weighted by Crippen LogP contribution is -2.46. The number of piperazine rings is 1. The van der Waals surface area contributed by atoms with E-state index in [1.54, 1.807) is 0 Å². The number of nitrogens with zero attached hydrogens (tertiary/aromatic N) is 2. The molecular weight excluding hydrogens is 405 g/mol. The highest BCUT2D eigenvalue weighted by atomic mass is 35.5. The highest BCUT2D eigenvalue weighted by Crippen LogP contribution is 2.11. The maximum Gasteiger partial charge on any atom is 0.119 e. The molecule has 1 aromatic carbocycles. The van der Waals surface area contributed by atoms with Gasteiger partial charge in [0.05, 0.1) is 6.61 Å². The second kappa shape index (κ2) is 19.1. The summed E-state index contributed by atoms with van der Waals surface area (Å²) in [6, 6.07) is 10.1. The minimum absolute atomic E-state index is 0. The third-order valence-electron chi connectivity index (χ3n) is 4.77. The third kappa shape index (κ3) is 13.6. The first-order valence-corrected chi connectivity index (χ1v) is 9.71. The van der Waals surface area contributed by atoms with Gasteiger partial charge in [0, 0.05) is 26.2 Å². The molecule has 0 atom stereocenters. The van der Waals surface area contributed by atoms with Crippen LogP contribution in [0.1, 0.15) is 38.5 Å². The molecule has 4 nitrogen and oxygen atoms in total. The van der Waals surface area contributed by atoms with Gasteiger partial charge in [0.1, 0.15) is 5.75 Å². The van der Waals surface area contributed by atoms with E-state index < -0.39 is 0 Å². The maximum atomic E-state index is 5.72. The van der Waals surface area contributed by atoms with Crippen LogP contribution in [-0.4, -0.2) is 62.2 Å². The number of halogens is 3. The van der Waals surface area contributed by atoms with Crippen molar-refractivity contribution < 1.29 is 4.74 Å². The number of benzene rings is 1. The van der Waals surface area contributed by atoms with Gasteiger partial charge in [-0.2, -0.15) is 0 Å². The van der Waals surface area contributed by atoms with Crippen LogP contribution in [0.15, 0.2) is 30.3 Å². The molecule has 27 heavy (non-hydrogen) atoms. The molecule has 1 aromatic rings. The topological polar surface area (TPSA) is 41.7 Å². The van der Waals surface area contributed by atoms with Crippen molar-refractivity contribution in [2.24, 2.45) is 5.73 Å². The Labute approximate surface area is 184 Å². The molecule has 1 fully saturated rings. The second-order valence-electron chi connectivity index (χ2n) is 6.75. The molecule has 0 saturated carbocycles. The van der Waals surface area contributed by atoms with Gasteiger partial charge in [-0.15, -0.1) is 37.2 Å². The molecule has 160 valence electrons. The second-order valence-corrected chi connectivity index (χ2v) is 6.75. The van der Waals surface area contributed by atoms with E-state index >= 15 is 0 Å². The Balaban J connectivity index is 0. The Morgan fingerprint density at radius 1 is 0.704 bits per heavy atom. The number of hydrogen-bond acceptors (Lipinski definition) is 4. The predicted octanol–water partition coefficient (Wildman–Crippen LogP) is 4.25. The lowest BCUT2D eigenvalue weighted by Gasteiger charge is -2.34. The minimum Gasteiger partial charge on any atom is -0.494 e. The highest BCUT2D eigenvalue weighted by molar-refractivity contribution is 5.86. The molecule has 1 aliphatic heterocycles. The van der Waals surface area contributed by atoms with Crippen molar-refractivity contribution in [3.05, 3.63) is 30.3 Å². The summed E-state index contributed by atoms with van der Waals surface area (Å²) in [7, 11) is 0. The molecule has 0 aliphatic carbocycles. The van der Waals surface area contributed by atoms with Crippen LogP contribution >= 0.6 is 37.2 Å². The molecule has 2 N–H and O–H groups in total. The molecule has 0 spiro atoms. The van der Waals surface area contributed by atoms with Crippen LogP contribution in [0, 0.1) is 0 Å². The van der Waals surface area contributed by atoms with Crippen LogP contribution in [0.3, 0.4) is 0 Å². The number of nitrogens with two attached hydrogens (primary N) is 1. The molecule has 1 aliphatic rings. The van der Waals surface area contributed by atoms with Crippen molar-refractivity contribution in [2.45, 2.75) is 38.5 Å². The van der Waals surface area contributed by atoms with Crippen LogP contribution in [0.2, 0.25) is 0 Å². The lowest BCUT2D eigenvalue weighted by molar-refractivity contribution is 0.130. The van der Waals surface area contributed by atoms with Crippen LogP contribution in [0.25, 0.3) is 0 Å². The van der Waals surface area contributed by atoms with E-state index in [0.717, 1.165) is 31.7 Å². The number of ether oxygens (including phenoxy) is 1. The first-order valence-electron chi connectivity index (χ1n) is 9.71. The number of rotatable bonds is 12. The molecule has 1 heterocycles. The zero-order valence-electron chi connectivity index (χ0n) is 16.4. The molecule has 0 amide bonds. The first kappa shape index (κ1) is 29.0. The average Bonchev–Trinajstić information content (AvgIpc) is 2.64. The predicted molar refractivity (Wildman–Crippen MR) is 123 cm³/mol. The molecule has 0 radical (unpaired) electrons. The smallest absolute Gasteiger partial charge is 0.119 e. The summed E-state index contributed by atoms with van der Waals surface area (Å²) in [4.78, 5) is 5.17. The average molecular weight is 443 g/mol. The van der Waals surface area contributed by atoms with Gasteiger partial charge in [0.15, 0.2) is 0 Å². The molecular formula is C20H38Cl3N3O. The summed E-state index contributed by atoms with van der Waals surface area (Å²) in [5, 5.41) is 0. The highest BCUT2D eigenvalue weighted by Gasteiger charge is 2.15. The molecule has 7 heteroatoms. The van der Waals surface area contributed by atoms with Gasteiger partial charge in [-0.1, -0.05) is 37.5 Å².